The Bertz CT molecular complexity index is 1150. The average molecular weight is 465 g/mol. The molecule has 2 aliphatic heterocycles. The number of carbonyl (C=O) groups excluding carboxylic acids is 1. The zero-order chi connectivity index (χ0) is 23.9. The molecular formula is C22H32N4O7. The molecule has 2 saturated heterocycles. The number of imidazole rings is 1. The van der Waals surface area contributed by atoms with Gasteiger partial charge >= 0.3 is 11.7 Å². The van der Waals surface area contributed by atoms with Gasteiger partial charge < -0.3 is 18.9 Å². The number of hydrogen-bond donors (Lipinski definition) is 0. The van der Waals surface area contributed by atoms with Crippen LogP contribution in [-0.2, 0) is 36.8 Å². The molecule has 33 heavy (non-hydrogen) atoms. The largest absolute Gasteiger partial charge is 0.467 e. The number of aryl methyl sites for hydroxylation is 1. The Hall–Kier alpha value is -2.50. The van der Waals surface area contributed by atoms with Crippen LogP contribution in [0.3, 0.4) is 0 Å². The zero-order valence-corrected chi connectivity index (χ0v) is 19.8. The van der Waals surface area contributed by atoms with Gasteiger partial charge in [-0.2, -0.15) is 0 Å². The molecule has 4 rings (SSSR count). The smallest absolute Gasteiger partial charge is 0.337 e. The molecule has 182 valence electrons. The van der Waals surface area contributed by atoms with Gasteiger partial charge in [0.1, 0.15) is 12.2 Å². The van der Waals surface area contributed by atoms with E-state index >= 15 is 0 Å². The Balaban J connectivity index is 1.86. The molecule has 4 atom stereocenters. The standard InChI is InChI=1S/C22H32N4O7/c1-6-8-10-24-17-13(18(27)25(21(24)29)11-9-7-2)26(12-23-17)19-15-14(32-22(3,4)33-15)16(31-19)20(28)30-5/h12,14-16,19H,6-11H2,1-5H3/t14-,15+,16-,19+/m0/s1. The first-order valence-electron chi connectivity index (χ1n) is 11.5. The number of rotatable bonds is 8. The summed E-state index contributed by atoms with van der Waals surface area (Å²) in [4.78, 5) is 43.4. The Labute approximate surface area is 191 Å². The zero-order valence-electron chi connectivity index (χ0n) is 19.8. The Morgan fingerprint density at radius 2 is 1.73 bits per heavy atom. The molecule has 2 fully saturated rings. The van der Waals surface area contributed by atoms with Crippen molar-refractivity contribution in [1.29, 1.82) is 0 Å². The Morgan fingerprint density at radius 3 is 2.36 bits per heavy atom. The van der Waals surface area contributed by atoms with E-state index in [1.807, 2.05) is 13.8 Å². The molecule has 0 bridgehead atoms. The Kier molecular flexibility index (Phi) is 6.47. The van der Waals surface area contributed by atoms with Crippen LogP contribution in [0.2, 0.25) is 0 Å². The van der Waals surface area contributed by atoms with Crippen LogP contribution < -0.4 is 11.2 Å². The topological polar surface area (TPSA) is 116 Å². The van der Waals surface area contributed by atoms with Gasteiger partial charge in [0.05, 0.1) is 13.4 Å². The number of carbonyl (C=O) groups is 1. The van der Waals surface area contributed by atoms with Gasteiger partial charge in [-0.05, 0) is 26.7 Å². The summed E-state index contributed by atoms with van der Waals surface area (Å²) in [5.74, 6) is -1.52. The number of unbranched alkanes of at least 4 members (excludes halogenated alkanes) is 2. The van der Waals surface area contributed by atoms with E-state index in [0.29, 0.717) is 25.2 Å². The molecule has 11 heteroatoms. The first kappa shape index (κ1) is 23.7. The highest BCUT2D eigenvalue weighted by molar-refractivity contribution is 5.76. The summed E-state index contributed by atoms with van der Waals surface area (Å²) in [7, 11) is 1.28. The third-order valence-electron chi connectivity index (χ3n) is 6.15. The van der Waals surface area contributed by atoms with Crippen molar-refractivity contribution in [2.75, 3.05) is 7.11 Å². The van der Waals surface area contributed by atoms with E-state index in [2.05, 4.69) is 4.98 Å². The van der Waals surface area contributed by atoms with E-state index < -0.39 is 41.9 Å². The lowest BCUT2D eigenvalue weighted by atomic mass is 10.1. The van der Waals surface area contributed by atoms with Gasteiger partial charge in [0.15, 0.2) is 29.3 Å². The van der Waals surface area contributed by atoms with Crippen molar-refractivity contribution < 1.29 is 23.7 Å². The summed E-state index contributed by atoms with van der Waals surface area (Å²) in [6, 6.07) is 0. The first-order chi connectivity index (χ1) is 15.7. The van der Waals surface area contributed by atoms with Crippen LogP contribution in [-0.4, -0.2) is 55.9 Å². The van der Waals surface area contributed by atoms with Crippen molar-refractivity contribution in [1.82, 2.24) is 18.7 Å². The number of hydrogen-bond acceptors (Lipinski definition) is 8. The highest BCUT2D eigenvalue weighted by Gasteiger charge is 2.58. The summed E-state index contributed by atoms with van der Waals surface area (Å²) in [5, 5.41) is 0. The van der Waals surface area contributed by atoms with Gasteiger partial charge in [0.25, 0.3) is 5.56 Å². The van der Waals surface area contributed by atoms with E-state index in [1.54, 1.807) is 23.0 Å². The summed E-state index contributed by atoms with van der Waals surface area (Å²) in [5.41, 5.74) is -0.261. The minimum absolute atomic E-state index is 0.240. The fraction of sp³-hybridized carbons (Fsp3) is 0.727. The van der Waals surface area contributed by atoms with Crippen LogP contribution in [0, 0.1) is 0 Å². The maximum absolute atomic E-state index is 13.5. The lowest BCUT2D eigenvalue weighted by molar-refractivity contribution is -0.203. The maximum Gasteiger partial charge on any atom is 0.337 e. The summed E-state index contributed by atoms with van der Waals surface area (Å²) >= 11 is 0. The van der Waals surface area contributed by atoms with Crippen molar-refractivity contribution in [3.05, 3.63) is 27.2 Å². The van der Waals surface area contributed by atoms with Crippen molar-refractivity contribution >= 4 is 17.1 Å². The number of aromatic nitrogens is 4. The summed E-state index contributed by atoms with van der Waals surface area (Å²) in [6.45, 7) is 8.31. The van der Waals surface area contributed by atoms with Crippen LogP contribution in [0.25, 0.3) is 11.2 Å². The molecule has 0 amide bonds. The minimum atomic E-state index is -1.02. The lowest BCUT2D eigenvalue weighted by Crippen LogP contribution is -2.41. The van der Waals surface area contributed by atoms with Gasteiger partial charge in [0.2, 0.25) is 0 Å². The number of fused-ring (bicyclic) bond motifs is 2. The van der Waals surface area contributed by atoms with Crippen LogP contribution in [0.4, 0.5) is 0 Å². The molecule has 2 aromatic heterocycles. The third-order valence-corrected chi connectivity index (χ3v) is 6.15. The molecule has 0 aromatic carbocycles. The second-order valence-corrected chi connectivity index (χ2v) is 8.96. The van der Waals surface area contributed by atoms with Gasteiger partial charge in [0, 0.05) is 13.1 Å². The van der Waals surface area contributed by atoms with E-state index in [4.69, 9.17) is 18.9 Å². The van der Waals surface area contributed by atoms with Crippen LogP contribution in [0.1, 0.15) is 59.6 Å². The quantitative estimate of drug-likeness (QED) is 0.541. The van der Waals surface area contributed by atoms with Crippen molar-refractivity contribution in [2.24, 2.45) is 0 Å². The number of ether oxygens (including phenoxy) is 4. The van der Waals surface area contributed by atoms with E-state index in [1.165, 1.54) is 18.0 Å². The predicted octanol–water partition coefficient (Wildman–Crippen LogP) is 1.55. The maximum atomic E-state index is 13.5. The fourth-order valence-electron chi connectivity index (χ4n) is 4.54. The first-order valence-corrected chi connectivity index (χ1v) is 11.5. The van der Waals surface area contributed by atoms with Gasteiger partial charge in [-0.25, -0.2) is 14.6 Å². The van der Waals surface area contributed by atoms with E-state index in [9.17, 15) is 14.4 Å². The van der Waals surface area contributed by atoms with Crippen molar-refractivity contribution in [2.45, 2.75) is 96.8 Å². The van der Waals surface area contributed by atoms with E-state index in [0.717, 1.165) is 19.3 Å². The highest BCUT2D eigenvalue weighted by Crippen LogP contribution is 2.43. The van der Waals surface area contributed by atoms with Crippen LogP contribution in [0.5, 0.6) is 0 Å². The van der Waals surface area contributed by atoms with Crippen LogP contribution in [0.15, 0.2) is 15.9 Å². The van der Waals surface area contributed by atoms with Crippen molar-refractivity contribution in [3.63, 3.8) is 0 Å². The third kappa shape index (κ3) is 4.02. The summed E-state index contributed by atoms with van der Waals surface area (Å²) < 4.78 is 27.3. The van der Waals surface area contributed by atoms with Crippen LogP contribution >= 0.6 is 0 Å². The molecule has 0 unspecified atom stereocenters. The minimum Gasteiger partial charge on any atom is -0.467 e. The SMILES string of the molecule is CCCCn1c(=O)c2c(ncn2[C@@H]2O[C@H](C(=O)OC)[C@H]3OC(C)(C)O[C@H]32)n(CCCC)c1=O. The number of nitrogens with zero attached hydrogens (tertiary/aromatic N) is 4. The predicted molar refractivity (Wildman–Crippen MR) is 118 cm³/mol. The lowest BCUT2D eigenvalue weighted by Gasteiger charge is -2.24. The Morgan fingerprint density at radius 1 is 1.09 bits per heavy atom. The van der Waals surface area contributed by atoms with Crippen molar-refractivity contribution in [3.8, 4) is 0 Å². The van der Waals surface area contributed by atoms with Gasteiger partial charge in [-0.1, -0.05) is 26.7 Å². The number of methoxy groups -OCH3 is 1. The second-order valence-electron chi connectivity index (χ2n) is 8.96. The molecule has 0 aliphatic carbocycles. The molecule has 11 nitrogen and oxygen atoms in total. The molecular weight excluding hydrogens is 432 g/mol. The number of esters is 1. The fourth-order valence-corrected chi connectivity index (χ4v) is 4.54. The molecule has 0 N–H and O–H groups in total. The van der Waals surface area contributed by atoms with E-state index in [-0.39, 0.29) is 11.2 Å². The average Bonchev–Trinajstić information content (AvgIpc) is 3.43. The monoisotopic (exact) mass is 464 g/mol. The molecule has 0 spiro atoms. The molecule has 0 saturated carbocycles. The molecule has 4 heterocycles. The molecule has 2 aliphatic rings. The second kappa shape index (κ2) is 9.03. The molecule has 2 aromatic rings. The van der Waals surface area contributed by atoms with Gasteiger partial charge in [-0.3, -0.25) is 18.5 Å². The summed E-state index contributed by atoms with van der Waals surface area (Å²) in [6.07, 6.45) is 1.43. The van der Waals surface area contributed by atoms with Gasteiger partial charge in [-0.15, -0.1) is 0 Å². The normalized spacial score (nSPS) is 26.1. The highest BCUT2D eigenvalue weighted by atomic mass is 16.8. The molecule has 0 radical (unpaired) electrons.